The number of amides is 1. The molecule has 1 aromatic heterocycles. The summed E-state index contributed by atoms with van der Waals surface area (Å²) in [6, 6.07) is 1.61. The van der Waals surface area contributed by atoms with Crippen molar-refractivity contribution in [2.24, 2.45) is 0 Å². The van der Waals surface area contributed by atoms with Crippen LogP contribution < -0.4 is 0 Å². The maximum absolute atomic E-state index is 11.8. The fourth-order valence-corrected chi connectivity index (χ4v) is 1.76. The lowest BCUT2D eigenvalue weighted by atomic mass is 10.1. The molecule has 2 heterocycles. The van der Waals surface area contributed by atoms with Crippen LogP contribution in [0.1, 0.15) is 29.1 Å². The average molecular weight is 210 g/mol. The lowest BCUT2D eigenvalue weighted by molar-refractivity contribution is 0.0441. The maximum Gasteiger partial charge on any atom is 0.292 e. The Morgan fingerprint density at radius 3 is 3.13 bits per heavy atom. The second-order valence-corrected chi connectivity index (χ2v) is 3.88. The highest BCUT2D eigenvalue weighted by molar-refractivity contribution is 5.91. The van der Waals surface area contributed by atoms with Crippen LogP contribution in [0.3, 0.4) is 0 Å². The van der Waals surface area contributed by atoms with E-state index in [4.69, 9.17) is 4.52 Å². The number of hydrogen-bond acceptors (Lipinski definition) is 4. The monoisotopic (exact) mass is 210 g/mol. The fourth-order valence-electron chi connectivity index (χ4n) is 1.76. The molecule has 82 valence electrons. The van der Waals surface area contributed by atoms with Gasteiger partial charge in [-0.15, -0.1) is 0 Å². The summed E-state index contributed by atoms with van der Waals surface area (Å²) in [5, 5.41) is 13.1. The van der Waals surface area contributed by atoms with E-state index in [-0.39, 0.29) is 11.7 Å². The molecule has 1 aliphatic heterocycles. The van der Waals surface area contributed by atoms with Gasteiger partial charge >= 0.3 is 0 Å². The fraction of sp³-hybridized carbons (Fsp3) is 0.600. The summed E-state index contributed by atoms with van der Waals surface area (Å²) in [7, 11) is 0. The minimum absolute atomic E-state index is 0.186. The average Bonchev–Trinajstić information content (AvgIpc) is 2.64. The van der Waals surface area contributed by atoms with Crippen LogP contribution in [0, 0.1) is 6.92 Å². The van der Waals surface area contributed by atoms with Gasteiger partial charge in [0.2, 0.25) is 5.76 Å². The highest BCUT2D eigenvalue weighted by Crippen LogP contribution is 2.14. The summed E-state index contributed by atoms with van der Waals surface area (Å²) in [4.78, 5) is 13.4. The number of aryl methyl sites for hydroxylation is 1. The second kappa shape index (κ2) is 4.02. The predicted octanol–water partition coefficient (Wildman–Crippen LogP) is 0.580. The molecule has 0 saturated carbocycles. The third-order valence-corrected chi connectivity index (χ3v) is 2.52. The number of likely N-dealkylation sites (tertiary alicyclic amines) is 1. The van der Waals surface area contributed by atoms with E-state index in [1.165, 1.54) is 0 Å². The number of aromatic nitrogens is 1. The number of carbonyl (C=O) groups is 1. The Balaban J connectivity index is 2.07. The Bertz CT molecular complexity index is 361. The number of β-amino-alcohol motifs (C(OH)–C–C–N with tert-alkyl or cyclic N) is 1. The first-order chi connectivity index (χ1) is 7.16. The zero-order valence-electron chi connectivity index (χ0n) is 8.64. The number of nitrogens with zero attached hydrogens (tertiary/aromatic N) is 2. The van der Waals surface area contributed by atoms with Gasteiger partial charge in [-0.1, -0.05) is 5.16 Å². The van der Waals surface area contributed by atoms with Crippen molar-refractivity contribution in [2.45, 2.75) is 25.9 Å². The van der Waals surface area contributed by atoms with E-state index < -0.39 is 6.10 Å². The first-order valence-corrected chi connectivity index (χ1v) is 5.07. The summed E-state index contributed by atoms with van der Waals surface area (Å²) >= 11 is 0. The SMILES string of the molecule is Cc1cc(C(=O)N2CCC[C@H](O)C2)on1. The first kappa shape index (κ1) is 10.2. The Labute approximate surface area is 87.7 Å². The minimum atomic E-state index is -0.410. The largest absolute Gasteiger partial charge is 0.391 e. The topological polar surface area (TPSA) is 66.6 Å². The zero-order chi connectivity index (χ0) is 10.8. The molecule has 0 bridgehead atoms. The van der Waals surface area contributed by atoms with Crippen molar-refractivity contribution in [1.29, 1.82) is 0 Å². The second-order valence-electron chi connectivity index (χ2n) is 3.88. The molecule has 1 N–H and O–H groups in total. The van der Waals surface area contributed by atoms with Crippen LogP contribution >= 0.6 is 0 Å². The lowest BCUT2D eigenvalue weighted by Crippen LogP contribution is -2.42. The summed E-state index contributed by atoms with van der Waals surface area (Å²) in [5.41, 5.74) is 0.691. The molecular weight excluding hydrogens is 196 g/mol. The van der Waals surface area contributed by atoms with E-state index in [0.717, 1.165) is 12.8 Å². The Morgan fingerprint density at radius 1 is 1.73 bits per heavy atom. The summed E-state index contributed by atoms with van der Waals surface area (Å²) in [5.74, 6) is 0.0657. The molecule has 1 saturated heterocycles. The van der Waals surface area contributed by atoms with Gasteiger partial charge in [-0.05, 0) is 19.8 Å². The van der Waals surface area contributed by atoms with E-state index in [2.05, 4.69) is 5.16 Å². The Kier molecular flexibility index (Phi) is 2.73. The summed E-state index contributed by atoms with van der Waals surface area (Å²) in [6.07, 6.45) is 1.19. The van der Waals surface area contributed by atoms with E-state index in [1.54, 1.807) is 17.9 Å². The van der Waals surface area contributed by atoms with Crippen LogP contribution in [0.2, 0.25) is 0 Å². The van der Waals surface area contributed by atoms with Gasteiger partial charge < -0.3 is 14.5 Å². The predicted molar refractivity (Wildman–Crippen MR) is 52.4 cm³/mol. The van der Waals surface area contributed by atoms with Crippen LogP contribution in [-0.2, 0) is 0 Å². The van der Waals surface area contributed by atoms with E-state index in [9.17, 15) is 9.90 Å². The molecule has 1 atom stereocenters. The molecule has 2 rings (SSSR count). The normalized spacial score (nSPS) is 21.7. The molecule has 0 spiro atoms. The van der Waals surface area contributed by atoms with Crippen LogP contribution in [0.4, 0.5) is 0 Å². The van der Waals surface area contributed by atoms with Crippen LogP contribution in [0.15, 0.2) is 10.6 Å². The van der Waals surface area contributed by atoms with Crippen molar-refractivity contribution in [1.82, 2.24) is 10.1 Å². The molecule has 1 fully saturated rings. The summed E-state index contributed by atoms with van der Waals surface area (Å²) in [6.45, 7) is 2.83. The highest BCUT2D eigenvalue weighted by Gasteiger charge is 2.25. The highest BCUT2D eigenvalue weighted by atomic mass is 16.5. The van der Waals surface area contributed by atoms with Crippen LogP contribution in [0.5, 0.6) is 0 Å². The molecule has 1 aliphatic rings. The van der Waals surface area contributed by atoms with Crippen molar-refractivity contribution in [2.75, 3.05) is 13.1 Å². The molecule has 1 aromatic rings. The Morgan fingerprint density at radius 2 is 2.53 bits per heavy atom. The van der Waals surface area contributed by atoms with E-state index in [1.807, 2.05) is 0 Å². The van der Waals surface area contributed by atoms with Crippen molar-refractivity contribution >= 4 is 5.91 Å². The van der Waals surface area contributed by atoms with Crippen LogP contribution in [-0.4, -0.2) is 40.3 Å². The molecule has 15 heavy (non-hydrogen) atoms. The molecule has 1 amide bonds. The molecular formula is C10H14N2O3. The van der Waals surface area contributed by atoms with Crippen LogP contribution in [0.25, 0.3) is 0 Å². The standard InChI is InChI=1S/C10H14N2O3/c1-7-5-9(15-11-7)10(14)12-4-2-3-8(13)6-12/h5,8,13H,2-4,6H2,1H3/t8-/m0/s1. The lowest BCUT2D eigenvalue weighted by Gasteiger charge is -2.29. The van der Waals surface area contributed by atoms with Crippen molar-refractivity contribution in [3.63, 3.8) is 0 Å². The molecule has 0 unspecified atom stereocenters. The first-order valence-electron chi connectivity index (χ1n) is 5.07. The molecule has 5 nitrogen and oxygen atoms in total. The zero-order valence-corrected chi connectivity index (χ0v) is 8.64. The third-order valence-electron chi connectivity index (χ3n) is 2.52. The van der Waals surface area contributed by atoms with Gasteiger partial charge in [0.1, 0.15) is 0 Å². The van der Waals surface area contributed by atoms with Gasteiger partial charge in [-0.3, -0.25) is 4.79 Å². The maximum atomic E-state index is 11.8. The number of aliphatic hydroxyl groups is 1. The number of hydrogen-bond donors (Lipinski definition) is 1. The van der Waals surface area contributed by atoms with E-state index >= 15 is 0 Å². The smallest absolute Gasteiger partial charge is 0.292 e. The third kappa shape index (κ3) is 2.18. The molecule has 0 aliphatic carbocycles. The summed E-state index contributed by atoms with van der Waals surface area (Å²) < 4.78 is 4.89. The van der Waals surface area contributed by atoms with Crippen molar-refractivity contribution in [3.8, 4) is 0 Å². The quantitative estimate of drug-likeness (QED) is 0.736. The molecule has 5 heteroatoms. The van der Waals surface area contributed by atoms with Gasteiger partial charge in [-0.2, -0.15) is 0 Å². The van der Waals surface area contributed by atoms with Crippen molar-refractivity contribution in [3.05, 3.63) is 17.5 Å². The van der Waals surface area contributed by atoms with Gasteiger partial charge in [0.25, 0.3) is 5.91 Å². The van der Waals surface area contributed by atoms with E-state index in [0.29, 0.717) is 18.8 Å². The molecule has 0 radical (unpaired) electrons. The van der Waals surface area contributed by atoms with Crippen molar-refractivity contribution < 1.29 is 14.4 Å². The Hall–Kier alpha value is -1.36. The van der Waals surface area contributed by atoms with Gasteiger partial charge in [0.15, 0.2) is 0 Å². The number of aliphatic hydroxyl groups excluding tert-OH is 1. The minimum Gasteiger partial charge on any atom is -0.391 e. The number of rotatable bonds is 1. The van der Waals surface area contributed by atoms with Gasteiger partial charge in [0.05, 0.1) is 11.8 Å². The number of carbonyl (C=O) groups excluding carboxylic acids is 1. The number of piperidine rings is 1. The molecule has 0 aromatic carbocycles. The van der Waals surface area contributed by atoms with Gasteiger partial charge in [0, 0.05) is 19.2 Å². The van der Waals surface area contributed by atoms with Gasteiger partial charge in [-0.25, -0.2) is 0 Å².